The molecule has 0 fully saturated rings. The summed E-state index contributed by atoms with van der Waals surface area (Å²) in [5, 5.41) is 24.1. The largest absolute Gasteiger partial charge is 0.341 e. The second kappa shape index (κ2) is 3.87. The number of hydrogen-bond donors (Lipinski definition) is 2. The maximum atomic E-state index is 10.6. The highest BCUT2D eigenvalue weighted by Crippen LogP contribution is 2.19. The van der Waals surface area contributed by atoms with Gasteiger partial charge in [-0.3, -0.25) is 10.1 Å². The number of hydrogen-bond acceptors (Lipinski definition) is 6. The number of benzene rings is 1. The third kappa shape index (κ3) is 1.77. The van der Waals surface area contributed by atoms with E-state index in [-0.39, 0.29) is 5.69 Å². The summed E-state index contributed by atoms with van der Waals surface area (Å²) in [6.07, 6.45) is 0.388. The van der Waals surface area contributed by atoms with Crippen molar-refractivity contribution in [2.24, 2.45) is 0 Å². The van der Waals surface area contributed by atoms with E-state index in [0.717, 1.165) is 0 Å². The van der Waals surface area contributed by atoms with Crippen molar-refractivity contribution >= 4 is 16.7 Å². The Balaban J connectivity index is 1.98. The standard InChI is InChI=1S/C9H7N7O2/c17-16(18)5-1-2-6-7(3-5)11-8(10-6)4-9-12-14-15-13-9/h1-3H,4H2,(H,10,11)(H,12,13,14,15). The van der Waals surface area contributed by atoms with Crippen LogP contribution in [-0.2, 0) is 6.42 Å². The molecular weight excluding hydrogens is 238 g/mol. The normalized spacial score (nSPS) is 10.9. The Kier molecular flexibility index (Phi) is 2.22. The number of nitro groups is 1. The van der Waals surface area contributed by atoms with Gasteiger partial charge < -0.3 is 4.98 Å². The molecule has 0 spiro atoms. The van der Waals surface area contributed by atoms with E-state index in [1.165, 1.54) is 12.1 Å². The molecule has 0 aliphatic heterocycles. The zero-order valence-corrected chi connectivity index (χ0v) is 8.99. The van der Waals surface area contributed by atoms with E-state index in [0.29, 0.717) is 29.1 Å². The Hall–Kier alpha value is -2.84. The summed E-state index contributed by atoms with van der Waals surface area (Å²) in [4.78, 5) is 17.5. The van der Waals surface area contributed by atoms with Gasteiger partial charge in [-0.05, 0) is 6.07 Å². The molecule has 9 heteroatoms. The molecule has 9 nitrogen and oxygen atoms in total. The first kappa shape index (κ1) is 10.3. The molecule has 0 bridgehead atoms. The van der Waals surface area contributed by atoms with Gasteiger partial charge in [-0.25, -0.2) is 4.98 Å². The van der Waals surface area contributed by atoms with E-state index < -0.39 is 4.92 Å². The molecule has 0 radical (unpaired) electrons. The number of nitro benzene ring substituents is 1. The molecule has 0 saturated heterocycles. The van der Waals surface area contributed by atoms with Crippen LogP contribution in [0, 0.1) is 10.1 Å². The molecule has 1 aromatic carbocycles. The van der Waals surface area contributed by atoms with Gasteiger partial charge in [-0.2, -0.15) is 5.21 Å². The molecular formula is C9H7N7O2. The van der Waals surface area contributed by atoms with Gasteiger partial charge in [-0.1, -0.05) is 5.21 Å². The van der Waals surface area contributed by atoms with Crippen LogP contribution >= 0.6 is 0 Å². The lowest BCUT2D eigenvalue weighted by molar-refractivity contribution is -0.384. The zero-order chi connectivity index (χ0) is 12.5. The Morgan fingerprint density at radius 1 is 1.39 bits per heavy atom. The minimum Gasteiger partial charge on any atom is -0.341 e. The van der Waals surface area contributed by atoms with Gasteiger partial charge in [0.15, 0.2) is 5.82 Å². The smallest absolute Gasteiger partial charge is 0.271 e. The van der Waals surface area contributed by atoms with Crippen LogP contribution in [0.5, 0.6) is 0 Å². The number of imidazole rings is 1. The number of aromatic nitrogens is 6. The molecule has 0 unspecified atom stereocenters. The van der Waals surface area contributed by atoms with E-state index in [1.807, 2.05) is 0 Å². The minimum absolute atomic E-state index is 0.0252. The SMILES string of the molecule is O=[N+]([O-])c1ccc2nc(Cc3nn[nH]n3)[nH]c2c1. The molecule has 2 heterocycles. The van der Waals surface area contributed by atoms with E-state index in [9.17, 15) is 10.1 Å². The van der Waals surface area contributed by atoms with Crippen molar-refractivity contribution in [3.05, 3.63) is 40.0 Å². The molecule has 18 heavy (non-hydrogen) atoms. The van der Waals surface area contributed by atoms with Crippen LogP contribution in [0.15, 0.2) is 18.2 Å². The van der Waals surface area contributed by atoms with Gasteiger partial charge >= 0.3 is 0 Å². The third-order valence-corrected chi connectivity index (χ3v) is 2.44. The molecule has 3 rings (SSSR count). The number of nitrogens with zero attached hydrogens (tertiary/aromatic N) is 5. The Bertz CT molecular complexity index is 703. The van der Waals surface area contributed by atoms with E-state index in [2.05, 4.69) is 30.6 Å². The average Bonchev–Trinajstić information content (AvgIpc) is 2.96. The lowest BCUT2D eigenvalue weighted by Gasteiger charge is -1.89. The summed E-state index contributed by atoms with van der Waals surface area (Å²) in [6, 6.07) is 4.47. The number of nitrogens with one attached hydrogen (secondary N) is 2. The van der Waals surface area contributed by atoms with Gasteiger partial charge in [0.25, 0.3) is 5.69 Å². The lowest BCUT2D eigenvalue weighted by Crippen LogP contribution is -1.93. The average molecular weight is 245 g/mol. The Morgan fingerprint density at radius 3 is 3.00 bits per heavy atom. The van der Waals surface area contributed by atoms with Crippen molar-refractivity contribution in [2.45, 2.75) is 6.42 Å². The number of aromatic amines is 2. The van der Waals surface area contributed by atoms with E-state index >= 15 is 0 Å². The van der Waals surface area contributed by atoms with Crippen LogP contribution < -0.4 is 0 Å². The fraction of sp³-hybridized carbons (Fsp3) is 0.111. The van der Waals surface area contributed by atoms with Gasteiger partial charge in [0.1, 0.15) is 5.82 Å². The molecule has 0 atom stereocenters. The maximum absolute atomic E-state index is 10.6. The molecule has 90 valence electrons. The predicted octanol–water partition coefficient (Wildman–Crippen LogP) is 0.575. The fourth-order valence-electron chi connectivity index (χ4n) is 1.65. The highest BCUT2D eigenvalue weighted by Gasteiger charge is 2.10. The Labute approximate surface area is 99.4 Å². The molecule has 2 aromatic heterocycles. The first-order valence-corrected chi connectivity index (χ1v) is 5.08. The first-order valence-electron chi connectivity index (χ1n) is 5.08. The highest BCUT2D eigenvalue weighted by atomic mass is 16.6. The second-order valence-corrected chi connectivity index (χ2v) is 3.65. The Morgan fingerprint density at radius 2 is 2.28 bits per heavy atom. The van der Waals surface area contributed by atoms with Gasteiger partial charge in [0, 0.05) is 12.1 Å². The zero-order valence-electron chi connectivity index (χ0n) is 8.99. The van der Waals surface area contributed by atoms with Crippen molar-refractivity contribution in [1.29, 1.82) is 0 Å². The van der Waals surface area contributed by atoms with Gasteiger partial charge in [-0.15, -0.1) is 10.2 Å². The monoisotopic (exact) mass is 245 g/mol. The minimum atomic E-state index is -0.445. The van der Waals surface area contributed by atoms with Gasteiger partial charge in [0.2, 0.25) is 0 Å². The summed E-state index contributed by atoms with van der Waals surface area (Å²) >= 11 is 0. The number of rotatable bonds is 3. The second-order valence-electron chi connectivity index (χ2n) is 3.65. The summed E-state index contributed by atoms with van der Waals surface area (Å²) < 4.78 is 0. The summed E-state index contributed by atoms with van der Waals surface area (Å²) in [5.41, 5.74) is 1.30. The van der Waals surface area contributed by atoms with Crippen molar-refractivity contribution in [3.63, 3.8) is 0 Å². The molecule has 0 amide bonds. The number of H-pyrrole nitrogens is 2. The van der Waals surface area contributed by atoms with Crippen molar-refractivity contribution in [2.75, 3.05) is 0 Å². The quantitative estimate of drug-likeness (QED) is 0.513. The molecule has 0 aliphatic carbocycles. The van der Waals surface area contributed by atoms with Crippen molar-refractivity contribution in [3.8, 4) is 0 Å². The van der Waals surface area contributed by atoms with E-state index in [1.54, 1.807) is 6.07 Å². The molecule has 2 N–H and O–H groups in total. The van der Waals surface area contributed by atoms with Gasteiger partial charge in [0.05, 0.1) is 22.4 Å². The van der Waals surface area contributed by atoms with Crippen LogP contribution in [0.3, 0.4) is 0 Å². The van der Waals surface area contributed by atoms with Crippen LogP contribution in [0.1, 0.15) is 11.6 Å². The molecule has 3 aromatic rings. The summed E-state index contributed by atoms with van der Waals surface area (Å²) in [7, 11) is 0. The third-order valence-electron chi connectivity index (χ3n) is 2.44. The van der Waals surface area contributed by atoms with Crippen LogP contribution in [0.4, 0.5) is 5.69 Å². The van der Waals surface area contributed by atoms with E-state index in [4.69, 9.17) is 0 Å². The van der Waals surface area contributed by atoms with Crippen molar-refractivity contribution in [1.82, 2.24) is 30.6 Å². The topological polar surface area (TPSA) is 126 Å². The fourth-order valence-corrected chi connectivity index (χ4v) is 1.65. The van der Waals surface area contributed by atoms with Crippen LogP contribution in [0.2, 0.25) is 0 Å². The summed E-state index contributed by atoms with van der Waals surface area (Å²) in [5.74, 6) is 1.13. The summed E-state index contributed by atoms with van der Waals surface area (Å²) in [6.45, 7) is 0. The molecule has 0 aliphatic rings. The van der Waals surface area contributed by atoms with Crippen LogP contribution in [-0.4, -0.2) is 35.5 Å². The maximum Gasteiger partial charge on any atom is 0.271 e. The van der Waals surface area contributed by atoms with Crippen molar-refractivity contribution < 1.29 is 4.92 Å². The molecule has 0 saturated carbocycles. The lowest BCUT2D eigenvalue weighted by atomic mass is 10.3. The first-order chi connectivity index (χ1) is 8.72. The number of fused-ring (bicyclic) bond motifs is 1. The number of tetrazole rings is 1. The van der Waals surface area contributed by atoms with Crippen LogP contribution in [0.25, 0.3) is 11.0 Å². The highest BCUT2D eigenvalue weighted by molar-refractivity contribution is 5.77. The predicted molar refractivity (Wildman–Crippen MR) is 59.7 cm³/mol. The number of non-ortho nitro benzene ring substituents is 1.